The van der Waals surface area contributed by atoms with Gasteiger partial charge in [0, 0.05) is 30.1 Å². The molecule has 0 bridgehead atoms. The second-order valence-electron chi connectivity index (χ2n) is 36.9. The van der Waals surface area contributed by atoms with Crippen LogP contribution in [0.2, 0.25) is 0 Å². The maximum atomic E-state index is 12.3. The summed E-state index contributed by atoms with van der Waals surface area (Å²) < 4.78 is 10.6. The van der Waals surface area contributed by atoms with Crippen LogP contribution in [0.4, 0.5) is 0 Å². The molecule has 5 aromatic carbocycles. The van der Waals surface area contributed by atoms with Gasteiger partial charge in [0.25, 0.3) is 0 Å². The third-order valence-corrected chi connectivity index (χ3v) is 32.8. The van der Waals surface area contributed by atoms with Gasteiger partial charge in [-0.05, 0) is 389 Å². The Morgan fingerprint density at radius 2 is 0.657 bits per heavy atom. The third kappa shape index (κ3) is 12.0. The third-order valence-electron chi connectivity index (χ3n) is 32.8. The molecule has 0 aliphatic heterocycles. The van der Waals surface area contributed by atoms with E-state index in [2.05, 4.69) is 45.9 Å². The van der Waals surface area contributed by atoms with Crippen molar-refractivity contribution in [1.29, 1.82) is 0 Å². The minimum atomic E-state index is -1.10. The average molecular weight is 1430 g/mol. The molecule has 9 N–H and O–H groups in total. The molecule has 10 saturated carbocycles. The van der Waals surface area contributed by atoms with Gasteiger partial charge in [0.2, 0.25) is 0 Å². The molecule has 0 spiro atoms. The van der Waals surface area contributed by atoms with E-state index < -0.39 is 5.60 Å². The number of rotatable bonds is 2. The number of aromatic hydroxyl groups is 6. The molecular weight excluding hydrogens is 1320 g/mol. The molecule has 0 radical (unpaired) electrons. The molecular formula is C91H116O14. The Kier molecular flexibility index (Phi) is 19.0. The fourth-order valence-electron chi connectivity index (χ4n) is 27.1. The lowest BCUT2D eigenvalue weighted by atomic mass is 9.55. The van der Waals surface area contributed by atoms with Crippen molar-refractivity contribution in [2.75, 3.05) is 14.2 Å². The molecule has 10 fully saturated rings. The molecule has 0 saturated heterocycles. The van der Waals surface area contributed by atoms with Crippen LogP contribution in [0, 0.1) is 80.8 Å². The lowest BCUT2D eigenvalue weighted by Crippen LogP contribution is -2.49. The summed E-state index contributed by atoms with van der Waals surface area (Å²) in [6.45, 7) is 9.04. The first kappa shape index (κ1) is 72.6. The van der Waals surface area contributed by atoms with Crippen LogP contribution in [0.3, 0.4) is 0 Å². The second-order valence-corrected chi connectivity index (χ2v) is 36.9. The van der Waals surface area contributed by atoms with Gasteiger partial charge in [-0.25, -0.2) is 0 Å². The first-order valence-electron chi connectivity index (χ1n) is 40.9. The maximum absolute atomic E-state index is 12.3. The summed E-state index contributed by atoms with van der Waals surface area (Å²) in [4.78, 5) is 36.6. The zero-order chi connectivity index (χ0) is 73.6. The number of ether oxygens (including phenoxy) is 2. The Morgan fingerprint density at radius 3 is 1.09 bits per heavy atom. The highest BCUT2D eigenvalue weighted by Crippen LogP contribution is 2.66. The van der Waals surface area contributed by atoms with Gasteiger partial charge in [-0.1, -0.05) is 39.8 Å². The molecule has 105 heavy (non-hydrogen) atoms. The van der Waals surface area contributed by atoms with Crippen molar-refractivity contribution in [1.82, 2.24) is 0 Å². The highest BCUT2D eigenvalue weighted by molar-refractivity contribution is 5.90. The van der Waals surface area contributed by atoms with Gasteiger partial charge < -0.3 is 55.4 Å². The smallest absolute Gasteiger partial charge is 0.164 e. The summed E-state index contributed by atoms with van der Waals surface area (Å²) in [6, 6.07) is 23.1. The lowest BCUT2D eigenvalue weighted by Gasteiger charge is -2.50. The summed E-state index contributed by atoms with van der Waals surface area (Å²) in [7, 11) is 3.22. The number of phenolic OH excluding ortho intramolecular Hbond substituents is 6. The Bertz CT molecular complexity index is 4200. The van der Waals surface area contributed by atoms with Crippen molar-refractivity contribution in [3.63, 3.8) is 0 Å². The van der Waals surface area contributed by atoms with Gasteiger partial charge in [-0.15, -0.1) is 0 Å². The van der Waals surface area contributed by atoms with Crippen LogP contribution >= 0.6 is 0 Å². The van der Waals surface area contributed by atoms with Crippen molar-refractivity contribution < 1.29 is 69.8 Å². The number of aryl methyl sites for hydroxylation is 5. The number of Topliss-reactive ketones (excluding diaryl/α,β-unsaturated/α-hetero) is 3. The number of hydrogen-bond donors (Lipinski definition) is 9. The number of aliphatic hydroxyl groups is 3. The van der Waals surface area contributed by atoms with Crippen LogP contribution < -0.4 is 9.47 Å². The number of carbonyl (C=O) groups excluding carboxylic acids is 3. The Balaban J connectivity index is 0.000000101. The van der Waals surface area contributed by atoms with E-state index in [1.54, 1.807) is 26.4 Å². The lowest BCUT2D eigenvalue weighted by molar-refractivity contribution is -0.143. The largest absolute Gasteiger partial charge is 0.508 e. The Hall–Kier alpha value is -6.61. The number of benzene rings is 5. The van der Waals surface area contributed by atoms with Gasteiger partial charge in [0.05, 0.1) is 26.4 Å². The minimum Gasteiger partial charge on any atom is -0.508 e. The molecule has 15 unspecified atom stereocenters. The van der Waals surface area contributed by atoms with Crippen molar-refractivity contribution in [3.8, 4) is 46.0 Å². The zero-order valence-corrected chi connectivity index (χ0v) is 63.0. The Labute approximate surface area is 621 Å². The normalized spacial score (nSPS) is 39.1. The van der Waals surface area contributed by atoms with Crippen LogP contribution in [-0.2, 0) is 46.5 Å². The van der Waals surface area contributed by atoms with E-state index >= 15 is 0 Å². The van der Waals surface area contributed by atoms with E-state index in [4.69, 9.17) is 9.47 Å². The fraction of sp³-hybridized carbons (Fsp3) is 0.637. The highest BCUT2D eigenvalue weighted by Gasteiger charge is 2.60. The monoisotopic (exact) mass is 1430 g/mol. The molecule has 5 aromatic rings. The van der Waals surface area contributed by atoms with E-state index in [0.717, 1.165) is 158 Å². The van der Waals surface area contributed by atoms with E-state index in [1.165, 1.54) is 83.0 Å². The number of aliphatic hydroxyl groups excluding tert-OH is 2. The van der Waals surface area contributed by atoms with Crippen LogP contribution in [0.15, 0.2) is 72.8 Å². The maximum Gasteiger partial charge on any atom is 0.164 e. The first-order chi connectivity index (χ1) is 50.3. The number of methoxy groups -OCH3 is 2. The van der Waals surface area contributed by atoms with E-state index in [-0.39, 0.29) is 74.5 Å². The first-order valence-corrected chi connectivity index (χ1v) is 40.9. The van der Waals surface area contributed by atoms with Crippen LogP contribution in [0.1, 0.15) is 273 Å². The predicted molar refractivity (Wildman–Crippen MR) is 402 cm³/mol. The minimum absolute atomic E-state index is 0.0188. The molecule has 14 heteroatoms. The number of hydrogen-bond acceptors (Lipinski definition) is 14. The van der Waals surface area contributed by atoms with Crippen molar-refractivity contribution >= 4 is 17.3 Å². The Morgan fingerprint density at radius 1 is 0.324 bits per heavy atom. The molecule has 22 atom stereocenters. The molecule has 14 nitrogen and oxygen atoms in total. The molecule has 0 aromatic heterocycles. The molecule has 0 amide bonds. The number of carbonyl (C=O) groups is 3. The highest BCUT2D eigenvalue weighted by atomic mass is 16.5. The number of fused-ring (bicyclic) bond motifs is 25. The molecule has 564 valence electrons. The molecule has 20 rings (SSSR count). The summed E-state index contributed by atoms with van der Waals surface area (Å²) in [6.07, 6.45) is 30.1. The van der Waals surface area contributed by atoms with Gasteiger partial charge in [-0.3, -0.25) is 14.4 Å². The van der Waals surface area contributed by atoms with E-state index in [0.29, 0.717) is 118 Å². The van der Waals surface area contributed by atoms with Crippen LogP contribution in [0.5, 0.6) is 46.0 Å². The molecule has 15 aliphatic carbocycles. The average Bonchev–Trinajstić information content (AvgIpc) is 1.71. The molecule has 15 aliphatic rings. The van der Waals surface area contributed by atoms with Gasteiger partial charge >= 0.3 is 0 Å². The van der Waals surface area contributed by atoms with Crippen LogP contribution in [0.25, 0.3) is 0 Å². The standard InChI is InChI=1S/C19H26O3.C19H24O3.C18H24O2.C18H22O2.C17H20O4/c2*1-19-8-7-12-13(15(19)5-6-18(19)21)4-3-11-9-16(20)17(22-2)10-14(11)12;2*1-18-9-8-14-13-5-3-12(19)10-11(13)2-4-15(14)16(18)6-7-17(18)20;18-14-7-9-1-2-11-10(12(9)8-15(14)19)5-6-17(21)13(11)3-4-16(17)20/h9-10,12-13,15,18,20-21H,3-8H2,1-2H3;9-10,12-13,15,20H,3-8H2,1-2H3;3,5,10,14-17,19-20H,2,4,6-9H2,1H3;3,5,10,14-16,19H,2,4,6-9H2,1H3;7-8,10-11,13,18-19,21H,1-6H2/t12?,13?,15?,18-,19-;12?,13?,15?,19-;14?,15?,16?,17-,18+;14?,15?,16?,18-;10?,11?,13?,17-/m00101/s1. The molecule has 0 heterocycles. The van der Waals surface area contributed by atoms with Gasteiger partial charge in [0.1, 0.15) is 28.7 Å². The van der Waals surface area contributed by atoms with Crippen molar-refractivity contribution in [2.45, 2.75) is 268 Å². The summed E-state index contributed by atoms with van der Waals surface area (Å²) >= 11 is 0. The van der Waals surface area contributed by atoms with E-state index in [9.17, 15) is 60.3 Å². The second kappa shape index (κ2) is 27.5. The predicted octanol–water partition coefficient (Wildman–Crippen LogP) is 17.1. The van der Waals surface area contributed by atoms with Crippen molar-refractivity contribution in [2.24, 2.45) is 80.8 Å². The number of phenols is 6. The zero-order valence-electron chi connectivity index (χ0n) is 63.0. The van der Waals surface area contributed by atoms with Gasteiger partial charge in [0.15, 0.2) is 40.3 Å². The van der Waals surface area contributed by atoms with Crippen LogP contribution in [-0.4, -0.2) is 95.3 Å². The summed E-state index contributed by atoms with van der Waals surface area (Å²) in [5.41, 5.74) is 12.2. The van der Waals surface area contributed by atoms with Gasteiger partial charge in [-0.2, -0.15) is 0 Å². The topological polar surface area (TPSA) is 252 Å². The fourth-order valence-corrected chi connectivity index (χ4v) is 27.1. The summed E-state index contributed by atoms with van der Waals surface area (Å²) in [5, 5.41) is 90.4. The number of ketones is 3. The van der Waals surface area contributed by atoms with E-state index in [1.807, 2.05) is 42.5 Å². The SMILES string of the molecule is COc1cc2c(cc1O)CCC1C2CC[C@@]2(C)C1CC[C@@H]2O.COc1cc2c(cc1O)CCC1C2CC[C@]2(C)C(=O)CCC12.C[C@]12CCC3c4ccc(O)cc4CCC3C1CCC2=O.C[C@]12CCC3c4ccc(O)cc4CCC3C1CC[C@H]2O.O=C1CCC2C3CCc4cc(O)c(O)cc4C3CC[C@]12O. The van der Waals surface area contributed by atoms with Crippen molar-refractivity contribution in [3.05, 3.63) is 128 Å². The summed E-state index contributed by atoms with van der Waals surface area (Å²) in [5.74, 6) is 11.6. The quantitative estimate of drug-likeness (QED) is 0.0746.